The number of carbonyl (C=O) groups is 2. The quantitative estimate of drug-likeness (QED) is 0.349. The molecule has 5 heteroatoms. The smallest absolute Gasteiger partial charge is 0.312 e. The zero-order valence-electron chi connectivity index (χ0n) is 23.5. The van der Waals surface area contributed by atoms with Crippen molar-refractivity contribution in [2.24, 2.45) is 10.8 Å². The Morgan fingerprint density at radius 2 is 1.39 bits per heavy atom. The number of benzene rings is 3. The molecule has 0 aromatic heterocycles. The number of ether oxygens (including phenoxy) is 2. The van der Waals surface area contributed by atoms with Gasteiger partial charge in [-0.1, -0.05) is 56.3 Å². The fourth-order valence-corrected chi connectivity index (χ4v) is 4.84. The maximum atomic E-state index is 12.3. The van der Waals surface area contributed by atoms with E-state index >= 15 is 0 Å². The molecule has 0 saturated carbocycles. The maximum Gasteiger partial charge on any atom is 0.312 e. The van der Waals surface area contributed by atoms with Gasteiger partial charge < -0.3 is 14.6 Å². The molecule has 1 N–H and O–H groups in total. The van der Waals surface area contributed by atoms with Crippen LogP contribution in [0.3, 0.4) is 0 Å². The molecule has 0 aliphatic heterocycles. The Morgan fingerprint density at radius 3 is 2.05 bits per heavy atom. The van der Waals surface area contributed by atoms with Crippen molar-refractivity contribution < 1.29 is 24.2 Å². The van der Waals surface area contributed by atoms with Crippen molar-refractivity contribution in [2.75, 3.05) is 0 Å². The third-order valence-electron chi connectivity index (χ3n) is 8.26. The molecule has 0 bridgehead atoms. The van der Waals surface area contributed by atoms with Crippen LogP contribution in [-0.4, -0.2) is 23.1 Å². The SMILES string of the molecule is CCC(C)(C)C(=O)OC1Cc2ccc(O)cc2C1.CCC(C)(C)C(=O)OC1Cc2cccc3cccc1c23. The number of rotatable bonds is 6. The lowest BCUT2D eigenvalue weighted by molar-refractivity contribution is -0.160. The molecular formula is C33H40O5. The van der Waals surface area contributed by atoms with Crippen molar-refractivity contribution >= 4 is 22.7 Å². The van der Waals surface area contributed by atoms with Gasteiger partial charge in [-0.2, -0.15) is 0 Å². The molecule has 2 aliphatic rings. The molecule has 3 aromatic carbocycles. The van der Waals surface area contributed by atoms with Crippen LogP contribution in [0, 0.1) is 10.8 Å². The summed E-state index contributed by atoms with van der Waals surface area (Å²) in [5, 5.41) is 11.9. The summed E-state index contributed by atoms with van der Waals surface area (Å²) < 4.78 is 11.4. The van der Waals surface area contributed by atoms with E-state index in [0.717, 1.165) is 36.8 Å². The predicted molar refractivity (Wildman–Crippen MR) is 150 cm³/mol. The van der Waals surface area contributed by atoms with Crippen LogP contribution in [0.1, 0.15) is 82.7 Å². The van der Waals surface area contributed by atoms with Crippen LogP contribution in [-0.2, 0) is 38.3 Å². The van der Waals surface area contributed by atoms with Gasteiger partial charge in [0.05, 0.1) is 10.8 Å². The molecule has 0 saturated heterocycles. The van der Waals surface area contributed by atoms with Crippen molar-refractivity contribution in [3.05, 3.63) is 76.9 Å². The number of esters is 2. The molecule has 0 fully saturated rings. The largest absolute Gasteiger partial charge is 0.508 e. The minimum atomic E-state index is -0.420. The second kappa shape index (κ2) is 10.8. The summed E-state index contributed by atoms with van der Waals surface area (Å²) in [6.45, 7) is 11.7. The fraction of sp³-hybridized carbons (Fsp3) is 0.455. The Labute approximate surface area is 226 Å². The highest BCUT2D eigenvalue weighted by Gasteiger charge is 2.34. The number of hydrogen-bond donors (Lipinski definition) is 1. The van der Waals surface area contributed by atoms with Crippen LogP contribution in [0.15, 0.2) is 54.6 Å². The van der Waals surface area contributed by atoms with Crippen LogP contribution in [0.25, 0.3) is 10.8 Å². The van der Waals surface area contributed by atoms with Crippen LogP contribution in [0.2, 0.25) is 0 Å². The molecule has 2 aliphatic carbocycles. The van der Waals surface area contributed by atoms with E-state index in [1.54, 1.807) is 12.1 Å². The Hall–Kier alpha value is -3.34. The van der Waals surface area contributed by atoms with Crippen molar-refractivity contribution in [3.8, 4) is 5.75 Å². The van der Waals surface area contributed by atoms with Crippen LogP contribution in [0.5, 0.6) is 5.75 Å². The Balaban J connectivity index is 0.000000178. The lowest BCUT2D eigenvalue weighted by atomic mass is 9.90. The summed E-state index contributed by atoms with van der Waals surface area (Å²) in [4.78, 5) is 24.3. The lowest BCUT2D eigenvalue weighted by Crippen LogP contribution is -2.30. The lowest BCUT2D eigenvalue weighted by Gasteiger charge is -2.23. The summed E-state index contributed by atoms with van der Waals surface area (Å²) in [5.41, 5.74) is 3.85. The number of hydrogen-bond acceptors (Lipinski definition) is 5. The molecule has 202 valence electrons. The number of phenolic OH excluding ortho intramolecular Hbond substituents is 1. The number of carbonyl (C=O) groups excluding carboxylic acids is 2. The van der Waals surface area contributed by atoms with Crippen LogP contribution in [0.4, 0.5) is 0 Å². The molecule has 5 nitrogen and oxygen atoms in total. The average Bonchev–Trinajstić information content (AvgIpc) is 3.45. The fourth-order valence-electron chi connectivity index (χ4n) is 4.84. The van der Waals surface area contributed by atoms with Gasteiger partial charge >= 0.3 is 11.9 Å². The van der Waals surface area contributed by atoms with E-state index < -0.39 is 10.8 Å². The standard InChI is InChI=1S/C18H20O2.C15H20O3/c1-4-18(2,3)17(19)20-15-11-13-9-5-7-12-8-6-10-14(15)16(12)13;1-4-15(2,3)14(17)18-13-8-10-5-6-12(16)7-11(10)9-13/h5-10,15H,4,11H2,1-3H3;5-7,13,16H,4,8-9H2,1-3H3. The molecule has 0 radical (unpaired) electrons. The molecule has 0 heterocycles. The Kier molecular flexibility index (Phi) is 7.87. The van der Waals surface area contributed by atoms with E-state index in [1.807, 2.05) is 53.7 Å². The van der Waals surface area contributed by atoms with Crippen LogP contribution >= 0.6 is 0 Å². The highest BCUT2D eigenvalue weighted by Crippen LogP contribution is 2.40. The third-order valence-corrected chi connectivity index (χ3v) is 8.26. The van der Waals surface area contributed by atoms with Crippen molar-refractivity contribution in [2.45, 2.75) is 85.9 Å². The molecule has 2 unspecified atom stereocenters. The van der Waals surface area contributed by atoms with E-state index in [4.69, 9.17) is 9.47 Å². The second-order valence-electron chi connectivity index (χ2n) is 11.8. The van der Waals surface area contributed by atoms with Gasteiger partial charge in [-0.25, -0.2) is 0 Å². The Morgan fingerprint density at radius 1 is 0.789 bits per heavy atom. The molecule has 5 rings (SSSR count). The minimum Gasteiger partial charge on any atom is -0.508 e. The monoisotopic (exact) mass is 516 g/mol. The Bertz CT molecular complexity index is 1330. The first-order valence-corrected chi connectivity index (χ1v) is 13.7. The van der Waals surface area contributed by atoms with E-state index in [1.165, 1.54) is 21.9 Å². The zero-order chi connectivity index (χ0) is 27.7. The van der Waals surface area contributed by atoms with Gasteiger partial charge in [-0.05, 0) is 80.1 Å². The second-order valence-corrected chi connectivity index (χ2v) is 11.8. The predicted octanol–water partition coefficient (Wildman–Crippen LogP) is 7.26. The number of fused-ring (bicyclic) bond motifs is 1. The zero-order valence-corrected chi connectivity index (χ0v) is 23.5. The first kappa shape index (κ1) is 27.7. The van der Waals surface area contributed by atoms with Gasteiger partial charge in [0, 0.05) is 24.8 Å². The van der Waals surface area contributed by atoms with Crippen molar-refractivity contribution in [3.63, 3.8) is 0 Å². The van der Waals surface area contributed by atoms with Gasteiger partial charge in [0.2, 0.25) is 0 Å². The molecule has 38 heavy (non-hydrogen) atoms. The van der Waals surface area contributed by atoms with E-state index in [2.05, 4.69) is 30.3 Å². The van der Waals surface area contributed by atoms with Crippen molar-refractivity contribution in [1.82, 2.24) is 0 Å². The molecule has 0 spiro atoms. The van der Waals surface area contributed by atoms with Gasteiger partial charge in [0.25, 0.3) is 0 Å². The van der Waals surface area contributed by atoms with Crippen molar-refractivity contribution in [1.29, 1.82) is 0 Å². The summed E-state index contributed by atoms with van der Waals surface area (Å²) in [5.74, 6) is 0.0384. The van der Waals surface area contributed by atoms with Gasteiger partial charge in [0.1, 0.15) is 18.0 Å². The van der Waals surface area contributed by atoms with E-state index in [0.29, 0.717) is 6.42 Å². The average molecular weight is 517 g/mol. The highest BCUT2D eigenvalue weighted by atomic mass is 16.5. The van der Waals surface area contributed by atoms with E-state index in [-0.39, 0.29) is 29.9 Å². The van der Waals surface area contributed by atoms with E-state index in [9.17, 15) is 14.7 Å². The summed E-state index contributed by atoms with van der Waals surface area (Å²) in [6, 6.07) is 17.9. The normalized spacial score (nSPS) is 17.9. The van der Waals surface area contributed by atoms with Gasteiger partial charge in [-0.3, -0.25) is 9.59 Å². The van der Waals surface area contributed by atoms with Gasteiger partial charge in [0.15, 0.2) is 0 Å². The number of aromatic hydroxyl groups is 1. The minimum absolute atomic E-state index is 0.0832. The van der Waals surface area contributed by atoms with Crippen LogP contribution < -0.4 is 0 Å². The summed E-state index contributed by atoms with van der Waals surface area (Å²) in [7, 11) is 0. The molecular weight excluding hydrogens is 476 g/mol. The third kappa shape index (κ3) is 5.72. The first-order chi connectivity index (χ1) is 17.9. The first-order valence-electron chi connectivity index (χ1n) is 13.7. The molecule has 2 atom stereocenters. The molecule has 3 aromatic rings. The van der Waals surface area contributed by atoms with Gasteiger partial charge in [-0.15, -0.1) is 0 Å². The summed E-state index contributed by atoms with van der Waals surface area (Å²) in [6.07, 6.45) is 3.59. The summed E-state index contributed by atoms with van der Waals surface area (Å²) >= 11 is 0. The highest BCUT2D eigenvalue weighted by molar-refractivity contribution is 5.91. The topological polar surface area (TPSA) is 72.8 Å². The maximum absolute atomic E-state index is 12.3. The number of phenols is 1. The molecule has 0 amide bonds.